The zero-order valence-corrected chi connectivity index (χ0v) is 12.9. The van der Waals surface area contributed by atoms with Crippen LogP contribution < -0.4 is 5.32 Å². The predicted octanol–water partition coefficient (Wildman–Crippen LogP) is 2.42. The summed E-state index contributed by atoms with van der Waals surface area (Å²) in [6.07, 6.45) is 1.04. The van der Waals surface area contributed by atoms with Crippen LogP contribution in [0.1, 0.15) is 26.1 Å². The van der Waals surface area contributed by atoms with Crippen LogP contribution in [0.5, 0.6) is 0 Å². The molecule has 0 aromatic carbocycles. The molecule has 108 valence electrons. The molecule has 1 rings (SSSR count). The van der Waals surface area contributed by atoms with Crippen LogP contribution in [0.15, 0.2) is 6.07 Å². The van der Waals surface area contributed by atoms with Gasteiger partial charge in [-0.05, 0) is 40.9 Å². The second-order valence-electron chi connectivity index (χ2n) is 4.77. The monoisotopic (exact) mass is 286 g/mol. The second kappa shape index (κ2) is 8.30. The fourth-order valence-electron chi connectivity index (χ4n) is 1.57. The van der Waals surface area contributed by atoms with Gasteiger partial charge in [-0.25, -0.2) is 9.97 Å². The number of nitrogens with zero attached hydrogens (tertiary/aromatic N) is 3. The van der Waals surface area contributed by atoms with Crippen molar-refractivity contribution in [3.05, 3.63) is 17.0 Å². The highest BCUT2D eigenvalue weighted by Gasteiger charge is 2.07. The van der Waals surface area contributed by atoms with Crippen molar-refractivity contribution in [2.75, 3.05) is 32.6 Å². The lowest BCUT2D eigenvalue weighted by atomic mass is 10.2. The Morgan fingerprint density at radius 2 is 2.16 bits per heavy atom. The minimum atomic E-state index is 0.327. The molecule has 6 heteroatoms. The van der Waals surface area contributed by atoms with Gasteiger partial charge in [-0.15, -0.1) is 0 Å². The molecule has 0 saturated carbocycles. The van der Waals surface area contributed by atoms with Crippen molar-refractivity contribution in [2.45, 2.75) is 32.9 Å². The SMILES string of the molecule is CCOCc1nc(Cl)cc(NC(C)CCN(C)C)n1. The Labute approximate surface area is 120 Å². The van der Waals surface area contributed by atoms with Gasteiger partial charge in [0, 0.05) is 18.7 Å². The van der Waals surface area contributed by atoms with Crippen molar-refractivity contribution in [1.82, 2.24) is 14.9 Å². The van der Waals surface area contributed by atoms with Crippen LogP contribution in [-0.4, -0.2) is 48.2 Å². The van der Waals surface area contributed by atoms with Gasteiger partial charge < -0.3 is 15.0 Å². The van der Waals surface area contributed by atoms with Gasteiger partial charge in [0.15, 0.2) is 5.82 Å². The first-order valence-electron chi connectivity index (χ1n) is 6.53. The zero-order valence-electron chi connectivity index (χ0n) is 12.1. The quantitative estimate of drug-likeness (QED) is 0.744. The van der Waals surface area contributed by atoms with Crippen molar-refractivity contribution >= 4 is 17.4 Å². The Kier molecular flexibility index (Phi) is 7.05. The minimum Gasteiger partial charge on any atom is -0.374 e. The normalized spacial score (nSPS) is 12.7. The van der Waals surface area contributed by atoms with E-state index < -0.39 is 0 Å². The Bertz CT molecular complexity index is 387. The number of ether oxygens (including phenoxy) is 1. The Morgan fingerprint density at radius 1 is 1.42 bits per heavy atom. The fraction of sp³-hybridized carbons (Fsp3) is 0.692. The van der Waals surface area contributed by atoms with E-state index in [1.54, 1.807) is 6.07 Å². The van der Waals surface area contributed by atoms with Crippen molar-refractivity contribution in [2.24, 2.45) is 0 Å². The molecule has 0 fully saturated rings. The molecule has 1 N–H and O–H groups in total. The van der Waals surface area contributed by atoms with E-state index in [1.807, 2.05) is 6.92 Å². The molecule has 0 aliphatic rings. The summed E-state index contributed by atoms with van der Waals surface area (Å²) in [6, 6.07) is 2.07. The van der Waals surface area contributed by atoms with Crippen molar-refractivity contribution < 1.29 is 4.74 Å². The van der Waals surface area contributed by atoms with E-state index in [1.165, 1.54) is 0 Å². The number of hydrogen-bond acceptors (Lipinski definition) is 5. The maximum atomic E-state index is 5.99. The molecule has 0 radical (unpaired) electrons. The van der Waals surface area contributed by atoms with Gasteiger partial charge in [-0.2, -0.15) is 0 Å². The highest BCUT2D eigenvalue weighted by molar-refractivity contribution is 6.29. The van der Waals surface area contributed by atoms with Gasteiger partial charge in [0.25, 0.3) is 0 Å². The van der Waals surface area contributed by atoms with E-state index in [2.05, 4.69) is 41.2 Å². The van der Waals surface area contributed by atoms with E-state index in [9.17, 15) is 0 Å². The molecule has 1 aromatic rings. The molecular formula is C13H23ClN4O. The summed E-state index contributed by atoms with van der Waals surface area (Å²) in [7, 11) is 4.13. The molecular weight excluding hydrogens is 264 g/mol. The maximum Gasteiger partial charge on any atom is 0.158 e. The van der Waals surface area contributed by atoms with Crippen LogP contribution in [0.2, 0.25) is 5.15 Å². The molecule has 0 aliphatic heterocycles. The van der Waals surface area contributed by atoms with E-state index in [0.29, 0.717) is 30.2 Å². The third kappa shape index (κ3) is 6.71. The largest absolute Gasteiger partial charge is 0.374 e. The number of nitrogens with one attached hydrogen (secondary N) is 1. The molecule has 1 unspecified atom stereocenters. The molecule has 1 atom stereocenters. The summed E-state index contributed by atoms with van der Waals surface area (Å²) < 4.78 is 5.30. The van der Waals surface area contributed by atoms with Gasteiger partial charge in [-0.1, -0.05) is 11.6 Å². The Balaban J connectivity index is 2.59. The van der Waals surface area contributed by atoms with Gasteiger partial charge in [0.2, 0.25) is 0 Å². The summed E-state index contributed by atoms with van der Waals surface area (Å²) >= 11 is 5.99. The van der Waals surface area contributed by atoms with Crippen LogP contribution in [-0.2, 0) is 11.3 Å². The average molecular weight is 287 g/mol. The average Bonchev–Trinajstić information content (AvgIpc) is 2.33. The summed E-state index contributed by atoms with van der Waals surface area (Å²) in [6.45, 7) is 6.11. The van der Waals surface area contributed by atoms with Crippen LogP contribution in [0.25, 0.3) is 0 Å². The van der Waals surface area contributed by atoms with Crippen molar-refractivity contribution in [3.63, 3.8) is 0 Å². The zero-order chi connectivity index (χ0) is 14.3. The number of hydrogen-bond donors (Lipinski definition) is 1. The maximum absolute atomic E-state index is 5.99. The van der Waals surface area contributed by atoms with E-state index in [4.69, 9.17) is 16.3 Å². The third-order valence-corrected chi connectivity index (χ3v) is 2.77. The molecule has 1 heterocycles. The lowest BCUT2D eigenvalue weighted by Crippen LogP contribution is -2.23. The van der Waals surface area contributed by atoms with Crippen molar-refractivity contribution in [3.8, 4) is 0 Å². The van der Waals surface area contributed by atoms with Crippen molar-refractivity contribution in [1.29, 1.82) is 0 Å². The number of aromatic nitrogens is 2. The smallest absolute Gasteiger partial charge is 0.158 e. The van der Waals surface area contributed by atoms with E-state index in [-0.39, 0.29) is 0 Å². The molecule has 0 bridgehead atoms. The number of rotatable bonds is 8. The molecule has 19 heavy (non-hydrogen) atoms. The summed E-state index contributed by atoms with van der Waals surface area (Å²) in [4.78, 5) is 10.7. The molecule has 1 aromatic heterocycles. The predicted molar refractivity (Wildman–Crippen MR) is 78.6 cm³/mol. The van der Waals surface area contributed by atoms with Gasteiger partial charge in [-0.3, -0.25) is 0 Å². The molecule has 5 nitrogen and oxygen atoms in total. The first-order chi connectivity index (χ1) is 9.01. The number of halogens is 1. The molecule has 0 aliphatic carbocycles. The van der Waals surface area contributed by atoms with Crippen LogP contribution in [0.3, 0.4) is 0 Å². The third-order valence-electron chi connectivity index (χ3n) is 2.58. The standard InChI is InChI=1S/C13H23ClN4O/c1-5-19-9-13-16-11(14)8-12(17-13)15-10(2)6-7-18(3)4/h8,10H,5-7,9H2,1-4H3,(H,15,16,17). The van der Waals surface area contributed by atoms with E-state index >= 15 is 0 Å². The summed E-state index contributed by atoms with van der Waals surface area (Å²) in [5.74, 6) is 1.36. The Hall–Kier alpha value is -0.910. The number of anilines is 1. The molecule has 0 amide bonds. The fourth-order valence-corrected chi connectivity index (χ4v) is 1.77. The van der Waals surface area contributed by atoms with Gasteiger partial charge >= 0.3 is 0 Å². The van der Waals surface area contributed by atoms with Gasteiger partial charge in [0.1, 0.15) is 17.6 Å². The molecule has 0 saturated heterocycles. The lowest BCUT2D eigenvalue weighted by Gasteiger charge is -2.17. The highest BCUT2D eigenvalue weighted by Crippen LogP contribution is 2.14. The Morgan fingerprint density at radius 3 is 2.79 bits per heavy atom. The van der Waals surface area contributed by atoms with Gasteiger partial charge in [0.05, 0.1) is 0 Å². The van der Waals surface area contributed by atoms with Crippen LogP contribution in [0, 0.1) is 0 Å². The van der Waals surface area contributed by atoms with E-state index in [0.717, 1.165) is 18.8 Å². The summed E-state index contributed by atoms with van der Waals surface area (Å²) in [5, 5.41) is 3.77. The lowest BCUT2D eigenvalue weighted by molar-refractivity contribution is 0.128. The first-order valence-corrected chi connectivity index (χ1v) is 6.91. The van der Waals surface area contributed by atoms with Crippen LogP contribution in [0.4, 0.5) is 5.82 Å². The second-order valence-corrected chi connectivity index (χ2v) is 5.15. The first kappa shape index (κ1) is 16.1. The molecule has 0 spiro atoms. The highest BCUT2D eigenvalue weighted by atomic mass is 35.5. The van der Waals surface area contributed by atoms with Crippen LogP contribution >= 0.6 is 11.6 Å². The minimum absolute atomic E-state index is 0.327. The topological polar surface area (TPSA) is 50.3 Å². The summed E-state index contributed by atoms with van der Waals surface area (Å²) in [5.41, 5.74) is 0.